The Morgan fingerprint density at radius 3 is 2.56 bits per heavy atom. The first-order valence-corrected chi connectivity index (χ1v) is 5.07. The van der Waals surface area contributed by atoms with Crippen molar-refractivity contribution < 1.29 is 19.4 Å². The van der Waals surface area contributed by atoms with Gasteiger partial charge in [-0.25, -0.2) is 15.0 Å². The van der Waals surface area contributed by atoms with Crippen molar-refractivity contribution in [2.24, 2.45) is 10.8 Å². The normalized spacial score (nSPS) is 12.1. The topological polar surface area (TPSA) is 114 Å². The number of urea groups is 1. The highest BCUT2D eigenvalue weighted by Crippen LogP contribution is 2.13. The number of nitrogens with two attached hydrogens (primary N) is 1. The summed E-state index contributed by atoms with van der Waals surface area (Å²) in [4.78, 5) is 20.9. The molecule has 2 amide bonds. The van der Waals surface area contributed by atoms with Crippen LogP contribution in [-0.2, 0) is 4.79 Å². The van der Waals surface area contributed by atoms with E-state index in [1.54, 1.807) is 24.3 Å². The van der Waals surface area contributed by atoms with Gasteiger partial charge in [0.1, 0.15) is 5.75 Å². The molecular formula is C11H13N3O4. The monoisotopic (exact) mass is 251 g/mol. The third kappa shape index (κ3) is 4.52. The Morgan fingerprint density at radius 2 is 2.06 bits per heavy atom. The SMILES string of the molecule is CC(Oc1ccc(/C=N/NC(N)=O)cc1)C(=O)O. The van der Waals surface area contributed by atoms with E-state index in [-0.39, 0.29) is 0 Å². The molecule has 0 saturated heterocycles. The number of rotatable bonds is 5. The number of ether oxygens (including phenoxy) is 1. The lowest BCUT2D eigenvalue weighted by Gasteiger charge is -2.09. The Hall–Kier alpha value is -2.57. The van der Waals surface area contributed by atoms with Gasteiger partial charge in [0, 0.05) is 0 Å². The fourth-order valence-corrected chi connectivity index (χ4v) is 1.06. The highest BCUT2D eigenvalue weighted by Gasteiger charge is 2.11. The molecular weight excluding hydrogens is 238 g/mol. The van der Waals surface area contributed by atoms with Crippen LogP contribution in [-0.4, -0.2) is 29.4 Å². The maximum atomic E-state index is 10.6. The summed E-state index contributed by atoms with van der Waals surface area (Å²) < 4.78 is 5.14. The van der Waals surface area contributed by atoms with Crippen molar-refractivity contribution in [1.29, 1.82) is 0 Å². The molecule has 0 aliphatic heterocycles. The third-order valence-corrected chi connectivity index (χ3v) is 1.93. The predicted octanol–water partition coefficient (Wildman–Crippen LogP) is 0.541. The fraction of sp³-hybridized carbons (Fsp3) is 0.182. The molecule has 0 aromatic heterocycles. The van der Waals surface area contributed by atoms with Gasteiger partial charge in [0.15, 0.2) is 6.10 Å². The molecule has 1 rings (SSSR count). The summed E-state index contributed by atoms with van der Waals surface area (Å²) in [5, 5.41) is 12.2. The fourth-order valence-electron chi connectivity index (χ4n) is 1.06. The number of amides is 2. The minimum absolute atomic E-state index is 0.435. The van der Waals surface area contributed by atoms with E-state index in [1.807, 2.05) is 0 Å². The Bertz CT molecular complexity index is 456. The molecule has 96 valence electrons. The first-order valence-electron chi connectivity index (χ1n) is 5.07. The Kier molecular flexibility index (Phi) is 4.67. The average molecular weight is 251 g/mol. The van der Waals surface area contributed by atoms with Gasteiger partial charge in [-0.3, -0.25) is 0 Å². The summed E-state index contributed by atoms with van der Waals surface area (Å²) in [7, 11) is 0. The number of carboxylic acids is 1. The second-order valence-corrected chi connectivity index (χ2v) is 3.40. The van der Waals surface area contributed by atoms with E-state index >= 15 is 0 Å². The number of hydrazone groups is 1. The number of carbonyl (C=O) groups is 2. The Morgan fingerprint density at radius 1 is 1.44 bits per heavy atom. The zero-order chi connectivity index (χ0) is 13.5. The lowest BCUT2D eigenvalue weighted by Crippen LogP contribution is -2.24. The van der Waals surface area contributed by atoms with Crippen LogP contribution in [0.3, 0.4) is 0 Å². The van der Waals surface area contributed by atoms with E-state index in [0.29, 0.717) is 11.3 Å². The van der Waals surface area contributed by atoms with Crippen LogP contribution in [0.25, 0.3) is 0 Å². The zero-order valence-electron chi connectivity index (χ0n) is 9.66. The van der Waals surface area contributed by atoms with Gasteiger partial charge in [0.25, 0.3) is 0 Å². The molecule has 7 heteroatoms. The summed E-state index contributed by atoms with van der Waals surface area (Å²) >= 11 is 0. The van der Waals surface area contributed by atoms with E-state index in [2.05, 4.69) is 10.5 Å². The molecule has 7 nitrogen and oxygen atoms in total. The quantitative estimate of drug-likeness (QED) is 0.523. The molecule has 1 unspecified atom stereocenters. The van der Waals surface area contributed by atoms with Crippen LogP contribution in [0, 0.1) is 0 Å². The molecule has 0 spiro atoms. The number of benzene rings is 1. The zero-order valence-corrected chi connectivity index (χ0v) is 9.66. The van der Waals surface area contributed by atoms with Crippen LogP contribution >= 0.6 is 0 Å². The first-order chi connectivity index (χ1) is 8.49. The highest BCUT2D eigenvalue weighted by atomic mass is 16.5. The van der Waals surface area contributed by atoms with Gasteiger partial charge < -0.3 is 15.6 Å². The average Bonchev–Trinajstić information content (AvgIpc) is 2.30. The number of carbonyl (C=O) groups excluding carboxylic acids is 1. The van der Waals surface area contributed by atoms with Gasteiger partial charge in [0.2, 0.25) is 0 Å². The van der Waals surface area contributed by atoms with Gasteiger partial charge >= 0.3 is 12.0 Å². The molecule has 0 aliphatic carbocycles. The maximum absolute atomic E-state index is 10.6. The number of hydrogen-bond donors (Lipinski definition) is 3. The number of hydrogen-bond acceptors (Lipinski definition) is 4. The van der Waals surface area contributed by atoms with E-state index in [1.165, 1.54) is 13.1 Å². The van der Waals surface area contributed by atoms with Gasteiger partial charge in [0.05, 0.1) is 6.21 Å². The predicted molar refractivity (Wildman–Crippen MR) is 64.5 cm³/mol. The van der Waals surface area contributed by atoms with E-state index in [4.69, 9.17) is 15.6 Å². The largest absolute Gasteiger partial charge is 0.479 e. The van der Waals surface area contributed by atoms with Crippen LogP contribution in [0.2, 0.25) is 0 Å². The standard InChI is InChI=1S/C11H13N3O4/c1-7(10(15)16)18-9-4-2-8(3-5-9)6-13-14-11(12)17/h2-7H,1H3,(H,15,16)(H3,12,14,17)/b13-6+. The lowest BCUT2D eigenvalue weighted by atomic mass is 10.2. The van der Waals surface area contributed by atoms with Crippen LogP contribution in [0.15, 0.2) is 29.4 Å². The minimum Gasteiger partial charge on any atom is -0.479 e. The maximum Gasteiger partial charge on any atom is 0.344 e. The summed E-state index contributed by atoms with van der Waals surface area (Å²) in [6.45, 7) is 1.44. The molecule has 0 aliphatic rings. The molecule has 4 N–H and O–H groups in total. The first kappa shape index (κ1) is 13.5. The summed E-state index contributed by atoms with van der Waals surface area (Å²) in [6, 6.07) is 5.78. The Labute approximate surface area is 103 Å². The molecule has 0 saturated carbocycles. The Balaban J connectivity index is 2.60. The van der Waals surface area contributed by atoms with Crippen LogP contribution < -0.4 is 15.9 Å². The second-order valence-electron chi connectivity index (χ2n) is 3.40. The smallest absolute Gasteiger partial charge is 0.344 e. The number of nitrogens with one attached hydrogen (secondary N) is 1. The number of nitrogens with zero attached hydrogens (tertiary/aromatic N) is 1. The van der Waals surface area contributed by atoms with Crippen molar-refractivity contribution in [3.05, 3.63) is 29.8 Å². The number of carboxylic acid groups (broad SMARTS) is 1. The number of primary amides is 1. The molecule has 0 radical (unpaired) electrons. The molecule has 0 bridgehead atoms. The van der Waals surface area contributed by atoms with E-state index in [0.717, 1.165) is 0 Å². The van der Waals surface area contributed by atoms with E-state index in [9.17, 15) is 9.59 Å². The number of aliphatic carboxylic acids is 1. The van der Waals surface area contributed by atoms with Crippen molar-refractivity contribution in [3.8, 4) is 5.75 Å². The van der Waals surface area contributed by atoms with Crippen molar-refractivity contribution in [2.75, 3.05) is 0 Å². The molecule has 18 heavy (non-hydrogen) atoms. The molecule has 0 fully saturated rings. The van der Waals surface area contributed by atoms with Gasteiger partial charge in [-0.1, -0.05) is 0 Å². The lowest BCUT2D eigenvalue weighted by molar-refractivity contribution is -0.144. The molecule has 1 atom stereocenters. The van der Waals surface area contributed by atoms with Crippen LogP contribution in [0.1, 0.15) is 12.5 Å². The van der Waals surface area contributed by atoms with Crippen LogP contribution in [0.5, 0.6) is 5.75 Å². The molecule has 1 aromatic carbocycles. The van der Waals surface area contributed by atoms with Crippen molar-refractivity contribution in [1.82, 2.24) is 5.43 Å². The van der Waals surface area contributed by atoms with Crippen molar-refractivity contribution >= 4 is 18.2 Å². The van der Waals surface area contributed by atoms with Gasteiger partial charge in [-0.15, -0.1) is 0 Å². The van der Waals surface area contributed by atoms with Gasteiger partial charge in [-0.2, -0.15) is 5.10 Å². The molecule has 1 aromatic rings. The van der Waals surface area contributed by atoms with Crippen molar-refractivity contribution in [3.63, 3.8) is 0 Å². The van der Waals surface area contributed by atoms with Crippen LogP contribution in [0.4, 0.5) is 4.79 Å². The summed E-state index contributed by atoms with van der Waals surface area (Å²) in [6.07, 6.45) is 0.482. The second kappa shape index (κ2) is 6.24. The van der Waals surface area contributed by atoms with Crippen molar-refractivity contribution in [2.45, 2.75) is 13.0 Å². The molecule has 0 heterocycles. The summed E-state index contributed by atoms with van der Waals surface area (Å²) in [5.74, 6) is -0.601. The highest BCUT2D eigenvalue weighted by molar-refractivity contribution is 5.81. The minimum atomic E-state index is -1.04. The summed E-state index contributed by atoms with van der Waals surface area (Å²) in [5.41, 5.74) is 7.59. The third-order valence-electron chi connectivity index (χ3n) is 1.93. The van der Waals surface area contributed by atoms with Gasteiger partial charge in [-0.05, 0) is 36.8 Å². The van der Waals surface area contributed by atoms with E-state index < -0.39 is 18.1 Å².